The number of halogens is 1. The average molecular weight is 287 g/mol. The number of nitrogens with one attached hydrogen (secondary N) is 1. The first-order chi connectivity index (χ1) is 9.72. The number of anilines is 1. The molecule has 0 amide bonds. The molecule has 0 fully saturated rings. The number of nitrogens with zero attached hydrogens (tertiary/aromatic N) is 1. The van der Waals surface area contributed by atoms with E-state index in [0.29, 0.717) is 11.6 Å². The van der Waals surface area contributed by atoms with Gasteiger partial charge in [0.05, 0.1) is 12.7 Å². The second kappa shape index (κ2) is 6.95. The maximum Gasteiger partial charge on any atom is 0.140 e. The molecule has 0 spiro atoms. The Morgan fingerprint density at radius 3 is 2.75 bits per heavy atom. The molecule has 0 aliphatic heterocycles. The lowest BCUT2D eigenvalue weighted by Gasteiger charge is -2.14. The van der Waals surface area contributed by atoms with Gasteiger partial charge >= 0.3 is 0 Å². The van der Waals surface area contributed by atoms with Crippen LogP contribution in [0, 0.1) is 11.3 Å². The van der Waals surface area contributed by atoms with Crippen molar-refractivity contribution in [2.75, 3.05) is 12.4 Å². The molecular weight excluding hydrogens is 272 g/mol. The minimum Gasteiger partial charge on any atom is -0.380 e. The summed E-state index contributed by atoms with van der Waals surface area (Å²) in [5.41, 5.74) is 2.77. The summed E-state index contributed by atoms with van der Waals surface area (Å²) in [7, 11) is 1.65. The van der Waals surface area contributed by atoms with Crippen LogP contribution < -0.4 is 5.32 Å². The number of ether oxygens (including phenoxy) is 1. The fraction of sp³-hybridized carbons (Fsp3) is 0.188. The molecule has 2 aromatic rings. The van der Waals surface area contributed by atoms with Gasteiger partial charge in [-0.3, -0.25) is 0 Å². The molecule has 0 aliphatic carbocycles. The molecule has 4 heteroatoms. The van der Waals surface area contributed by atoms with Gasteiger partial charge in [0.15, 0.2) is 0 Å². The Labute approximate surface area is 123 Å². The summed E-state index contributed by atoms with van der Waals surface area (Å²) in [5, 5.41) is 13.2. The van der Waals surface area contributed by atoms with E-state index in [9.17, 15) is 5.26 Å². The fourth-order valence-corrected chi connectivity index (χ4v) is 2.15. The van der Waals surface area contributed by atoms with Crippen LogP contribution in [0.15, 0.2) is 48.5 Å². The van der Waals surface area contributed by atoms with Crippen LogP contribution in [0.4, 0.5) is 5.69 Å². The lowest BCUT2D eigenvalue weighted by molar-refractivity contribution is 0.185. The maximum absolute atomic E-state index is 9.35. The highest BCUT2D eigenvalue weighted by molar-refractivity contribution is 6.30. The van der Waals surface area contributed by atoms with E-state index >= 15 is 0 Å². The van der Waals surface area contributed by atoms with Gasteiger partial charge in [-0.2, -0.15) is 5.26 Å². The van der Waals surface area contributed by atoms with Crippen LogP contribution >= 0.6 is 11.6 Å². The molecule has 0 aromatic heterocycles. The molecule has 2 aromatic carbocycles. The van der Waals surface area contributed by atoms with Crippen molar-refractivity contribution in [3.63, 3.8) is 0 Å². The van der Waals surface area contributed by atoms with Gasteiger partial charge in [0.25, 0.3) is 0 Å². The Bertz CT molecular complexity index is 622. The standard InChI is InChI=1S/C16H15ClN2O/c1-20-11-12-4-2-5-13(8-12)16(10-18)19-15-7-3-6-14(17)9-15/h2-9,16,19H,11H2,1H3. The van der Waals surface area contributed by atoms with E-state index in [1.54, 1.807) is 19.2 Å². The van der Waals surface area contributed by atoms with E-state index in [2.05, 4.69) is 11.4 Å². The monoisotopic (exact) mass is 286 g/mol. The zero-order chi connectivity index (χ0) is 14.4. The first kappa shape index (κ1) is 14.4. The Morgan fingerprint density at radius 1 is 1.25 bits per heavy atom. The molecule has 0 saturated carbocycles. The number of hydrogen-bond acceptors (Lipinski definition) is 3. The summed E-state index contributed by atoms with van der Waals surface area (Å²) in [6.45, 7) is 0.531. The van der Waals surface area contributed by atoms with Gasteiger partial charge in [-0.15, -0.1) is 0 Å². The number of benzene rings is 2. The molecule has 20 heavy (non-hydrogen) atoms. The smallest absolute Gasteiger partial charge is 0.140 e. The van der Waals surface area contributed by atoms with Crippen molar-refractivity contribution in [1.29, 1.82) is 5.26 Å². The molecule has 0 radical (unpaired) electrons. The van der Waals surface area contributed by atoms with E-state index in [4.69, 9.17) is 16.3 Å². The van der Waals surface area contributed by atoms with Gasteiger partial charge in [0.2, 0.25) is 0 Å². The van der Waals surface area contributed by atoms with Crippen molar-refractivity contribution < 1.29 is 4.74 Å². The van der Waals surface area contributed by atoms with Gasteiger partial charge < -0.3 is 10.1 Å². The summed E-state index contributed by atoms with van der Waals surface area (Å²) in [4.78, 5) is 0. The van der Waals surface area contributed by atoms with E-state index < -0.39 is 6.04 Å². The summed E-state index contributed by atoms with van der Waals surface area (Å²) >= 11 is 5.94. The van der Waals surface area contributed by atoms with Crippen molar-refractivity contribution in [2.24, 2.45) is 0 Å². The highest BCUT2D eigenvalue weighted by Crippen LogP contribution is 2.22. The van der Waals surface area contributed by atoms with Crippen LogP contribution in [0.3, 0.4) is 0 Å². The summed E-state index contributed by atoms with van der Waals surface area (Å²) < 4.78 is 5.11. The Morgan fingerprint density at radius 2 is 2.05 bits per heavy atom. The third-order valence-corrected chi connectivity index (χ3v) is 3.10. The first-order valence-electron chi connectivity index (χ1n) is 6.22. The first-order valence-corrected chi connectivity index (χ1v) is 6.60. The molecule has 1 unspecified atom stereocenters. The van der Waals surface area contributed by atoms with Crippen LogP contribution in [0.1, 0.15) is 17.2 Å². The molecular formula is C16H15ClN2O. The van der Waals surface area contributed by atoms with Gasteiger partial charge in [0, 0.05) is 17.8 Å². The third-order valence-electron chi connectivity index (χ3n) is 2.86. The number of rotatable bonds is 5. The minimum absolute atomic E-state index is 0.426. The van der Waals surface area contributed by atoms with E-state index in [0.717, 1.165) is 16.8 Å². The minimum atomic E-state index is -0.426. The zero-order valence-corrected chi connectivity index (χ0v) is 11.9. The van der Waals surface area contributed by atoms with Gasteiger partial charge in [-0.1, -0.05) is 41.9 Å². The van der Waals surface area contributed by atoms with Crippen LogP contribution in [0.2, 0.25) is 5.02 Å². The quantitative estimate of drug-likeness (QED) is 0.897. The summed E-state index contributed by atoms with van der Waals surface area (Å²) in [6, 6.07) is 16.9. The molecule has 0 saturated heterocycles. The molecule has 102 valence electrons. The van der Waals surface area contributed by atoms with Crippen molar-refractivity contribution in [3.8, 4) is 6.07 Å². The number of nitriles is 1. The second-order valence-electron chi connectivity index (χ2n) is 4.39. The summed E-state index contributed by atoms with van der Waals surface area (Å²) in [5.74, 6) is 0. The van der Waals surface area contributed by atoms with Crippen molar-refractivity contribution >= 4 is 17.3 Å². The van der Waals surface area contributed by atoms with Crippen molar-refractivity contribution in [2.45, 2.75) is 12.6 Å². The molecule has 2 rings (SSSR count). The molecule has 3 nitrogen and oxygen atoms in total. The Kier molecular flexibility index (Phi) is 5.00. The highest BCUT2D eigenvalue weighted by atomic mass is 35.5. The second-order valence-corrected chi connectivity index (χ2v) is 4.83. The van der Waals surface area contributed by atoms with E-state index in [1.165, 1.54) is 0 Å². The topological polar surface area (TPSA) is 45.0 Å². The summed E-state index contributed by atoms with van der Waals surface area (Å²) in [6.07, 6.45) is 0. The van der Waals surface area contributed by atoms with Gasteiger partial charge in [-0.05, 0) is 29.3 Å². The Hall–Kier alpha value is -2.02. The largest absolute Gasteiger partial charge is 0.380 e. The number of methoxy groups -OCH3 is 1. The lowest BCUT2D eigenvalue weighted by Crippen LogP contribution is -2.08. The Balaban J connectivity index is 2.20. The van der Waals surface area contributed by atoms with E-state index in [-0.39, 0.29) is 0 Å². The SMILES string of the molecule is COCc1cccc(C(C#N)Nc2cccc(Cl)c2)c1. The molecule has 0 heterocycles. The van der Waals surface area contributed by atoms with E-state index in [1.807, 2.05) is 36.4 Å². The normalized spacial score (nSPS) is 11.7. The van der Waals surface area contributed by atoms with Gasteiger partial charge in [-0.25, -0.2) is 0 Å². The fourth-order valence-electron chi connectivity index (χ4n) is 1.96. The zero-order valence-electron chi connectivity index (χ0n) is 11.1. The highest BCUT2D eigenvalue weighted by Gasteiger charge is 2.11. The predicted molar refractivity (Wildman–Crippen MR) is 80.6 cm³/mol. The predicted octanol–water partition coefficient (Wildman–Crippen LogP) is 4.16. The molecule has 1 N–H and O–H groups in total. The maximum atomic E-state index is 9.35. The van der Waals surface area contributed by atoms with Crippen molar-refractivity contribution in [1.82, 2.24) is 0 Å². The molecule has 1 atom stereocenters. The van der Waals surface area contributed by atoms with Gasteiger partial charge in [0.1, 0.15) is 6.04 Å². The average Bonchev–Trinajstić information content (AvgIpc) is 2.45. The lowest BCUT2D eigenvalue weighted by atomic mass is 10.0. The third kappa shape index (κ3) is 3.74. The van der Waals surface area contributed by atoms with Crippen LogP contribution in [0.25, 0.3) is 0 Å². The van der Waals surface area contributed by atoms with Crippen LogP contribution in [0.5, 0.6) is 0 Å². The number of hydrogen-bond donors (Lipinski definition) is 1. The van der Waals surface area contributed by atoms with Crippen LogP contribution in [-0.2, 0) is 11.3 Å². The molecule has 0 bridgehead atoms. The van der Waals surface area contributed by atoms with Crippen LogP contribution in [-0.4, -0.2) is 7.11 Å². The van der Waals surface area contributed by atoms with Crippen molar-refractivity contribution in [3.05, 3.63) is 64.7 Å². The molecule has 0 aliphatic rings.